The first-order valence-electron chi connectivity index (χ1n) is 8.74. The first kappa shape index (κ1) is 17.2. The lowest BCUT2D eigenvalue weighted by Crippen LogP contribution is -2.45. The van der Waals surface area contributed by atoms with Gasteiger partial charge in [0.2, 0.25) is 5.89 Å². The number of benzene rings is 1. The van der Waals surface area contributed by atoms with Gasteiger partial charge in [0.25, 0.3) is 0 Å². The van der Waals surface area contributed by atoms with Crippen LogP contribution in [0.4, 0.5) is 0 Å². The van der Waals surface area contributed by atoms with Gasteiger partial charge in [-0.3, -0.25) is 4.99 Å². The first-order valence-corrected chi connectivity index (χ1v) is 8.74. The second kappa shape index (κ2) is 8.46. The first-order chi connectivity index (χ1) is 12.2. The summed E-state index contributed by atoms with van der Waals surface area (Å²) in [5.41, 5.74) is 2.78. The zero-order valence-electron chi connectivity index (χ0n) is 14.9. The lowest BCUT2D eigenvalue weighted by Gasteiger charge is -2.31. The van der Waals surface area contributed by atoms with Gasteiger partial charge in [-0.15, -0.1) is 0 Å². The highest BCUT2D eigenvalue weighted by atomic mass is 16.5. The fraction of sp³-hybridized carbons (Fsp3) is 0.421. The minimum atomic E-state index is 0.659. The highest BCUT2D eigenvalue weighted by Crippen LogP contribution is 2.19. The van der Waals surface area contributed by atoms with Crippen LogP contribution in [0.3, 0.4) is 0 Å². The van der Waals surface area contributed by atoms with Crippen molar-refractivity contribution >= 4 is 12.0 Å². The Labute approximate surface area is 148 Å². The van der Waals surface area contributed by atoms with Gasteiger partial charge < -0.3 is 14.7 Å². The molecule has 0 bridgehead atoms. The summed E-state index contributed by atoms with van der Waals surface area (Å²) in [5, 5.41) is 7.20. The molecule has 6 nitrogen and oxygen atoms in total. The Bertz CT molecular complexity index is 725. The Morgan fingerprint density at radius 1 is 1.28 bits per heavy atom. The van der Waals surface area contributed by atoms with Crippen molar-refractivity contribution in [3.05, 3.63) is 53.2 Å². The fourth-order valence-corrected chi connectivity index (χ4v) is 2.99. The molecule has 0 aliphatic carbocycles. The van der Waals surface area contributed by atoms with Crippen LogP contribution in [0.2, 0.25) is 0 Å². The smallest absolute Gasteiger partial charge is 0.228 e. The maximum Gasteiger partial charge on any atom is 0.228 e. The van der Waals surface area contributed by atoms with Crippen LogP contribution >= 0.6 is 0 Å². The summed E-state index contributed by atoms with van der Waals surface area (Å²) in [6.45, 7) is 4.53. The zero-order valence-corrected chi connectivity index (χ0v) is 14.9. The number of nitrogens with one attached hydrogen (secondary N) is 1. The van der Waals surface area contributed by atoms with E-state index in [9.17, 15) is 0 Å². The van der Waals surface area contributed by atoms with E-state index in [0.29, 0.717) is 18.1 Å². The maximum atomic E-state index is 5.13. The number of hydrogen-bond donors (Lipinski definition) is 1. The summed E-state index contributed by atoms with van der Waals surface area (Å²) >= 11 is 0. The Morgan fingerprint density at radius 2 is 2.04 bits per heavy atom. The van der Waals surface area contributed by atoms with E-state index in [2.05, 4.69) is 61.8 Å². The number of nitrogens with zero attached hydrogens (tertiary/aromatic N) is 4. The van der Waals surface area contributed by atoms with Crippen LogP contribution in [0.1, 0.15) is 30.1 Å². The molecule has 2 aromatic rings. The van der Waals surface area contributed by atoms with Crippen LogP contribution in [0.5, 0.6) is 0 Å². The Balaban J connectivity index is 1.48. The molecule has 132 valence electrons. The predicted octanol–water partition coefficient (Wildman–Crippen LogP) is 2.68. The molecule has 3 rings (SSSR count). The van der Waals surface area contributed by atoms with Gasteiger partial charge >= 0.3 is 0 Å². The van der Waals surface area contributed by atoms with Gasteiger partial charge in [-0.1, -0.05) is 47.1 Å². The van der Waals surface area contributed by atoms with Crippen molar-refractivity contribution < 1.29 is 4.52 Å². The average Bonchev–Trinajstić information content (AvgIpc) is 3.06. The van der Waals surface area contributed by atoms with E-state index in [-0.39, 0.29) is 0 Å². The molecule has 2 heterocycles. The molecule has 25 heavy (non-hydrogen) atoms. The highest BCUT2D eigenvalue weighted by Gasteiger charge is 2.17. The van der Waals surface area contributed by atoms with Crippen LogP contribution in [0.25, 0.3) is 6.08 Å². The molecule has 1 N–H and O–H groups in total. The Kier molecular flexibility index (Phi) is 5.82. The number of aromatic nitrogens is 2. The van der Waals surface area contributed by atoms with E-state index in [1.54, 1.807) is 0 Å². The summed E-state index contributed by atoms with van der Waals surface area (Å²) in [7, 11) is 1.83. The molecular weight excluding hydrogens is 314 g/mol. The van der Waals surface area contributed by atoms with E-state index in [4.69, 9.17) is 4.52 Å². The van der Waals surface area contributed by atoms with Crippen molar-refractivity contribution in [2.24, 2.45) is 4.99 Å². The Hall–Kier alpha value is -2.63. The quantitative estimate of drug-likeness (QED) is 0.685. The maximum absolute atomic E-state index is 5.13. The molecule has 1 aliphatic heterocycles. The second-order valence-corrected chi connectivity index (χ2v) is 6.16. The second-order valence-electron chi connectivity index (χ2n) is 6.16. The normalized spacial score (nSPS) is 15.4. The molecule has 0 atom stereocenters. The fourth-order valence-electron chi connectivity index (χ4n) is 2.99. The lowest BCUT2D eigenvalue weighted by atomic mass is 10.0. The van der Waals surface area contributed by atoms with Crippen molar-refractivity contribution in [3.63, 3.8) is 0 Å². The van der Waals surface area contributed by atoms with Crippen molar-refractivity contribution in [3.8, 4) is 0 Å². The molecule has 1 aromatic heterocycles. The van der Waals surface area contributed by atoms with E-state index >= 15 is 0 Å². The molecule has 0 saturated carbocycles. The van der Waals surface area contributed by atoms with Gasteiger partial charge in [0.05, 0.1) is 0 Å². The van der Waals surface area contributed by atoms with E-state index in [1.165, 1.54) is 11.1 Å². The molecule has 0 amide bonds. The minimum Gasteiger partial charge on any atom is -0.356 e. The van der Waals surface area contributed by atoms with Crippen LogP contribution in [0, 0.1) is 6.92 Å². The molecule has 1 aromatic carbocycles. The van der Waals surface area contributed by atoms with Crippen LogP contribution in [-0.2, 0) is 6.42 Å². The molecular formula is C19H25N5O. The van der Waals surface area contributed by atoms with E-state index in [0.717, 1.165) is 38.4 Å². The molecule has 1 aliphatic rings. The van der Waals surface area contributed by atoms with Gasteiger partial charge in [0.1, 0.15) is 0 Å². The van der Waals surface area contributed by atoms with Crippen LogP contribution in [-0.4, -0.2) is 47.7 Å². The number of rotatable bonds is 4. The third-order valence-corrected chi connectivity index (χ3v) is 4.28. The standard InChI is InChI=1S/C19H25N5O/c1-15-22-18(25-23-15)8-11-21-19(20-2)24-12-9-17(10-13-24)14-16-6-4-3-5-7-16/h3-7,14H,8-13H2,1-2H3,(H,20,21). The summed E-state index contributed by atoms with van der Waals surface area (Å²) in [6.07, 6.45) is 5.15. The van der Waals surface area contributed by atoms with Gasteiger partial charge in [-0.05, 0) is 25.3 Å². The number of aryl methyl sites for hydroxylation is 1. The summed E-state index contributed by atoms with van der Waals surface area (Å²) < 4.78 is 5.13. The molecule has 0 radical (unpaired) electrons. The van der Waals surface area contributed by atoms with Gasteiger partial charge in [0, 0.05) is 33.1 Å². The minimum absolute atomic E-state index is 0.659. The largest absolute Gasteiger partial charge is 0.356 e. The summed E-state index contributed by atoms with van der Waals surface area (Å²) in [6, 6.07) is 10.5. The molecule has 0 spiro atoms. The highest BCUT2D eigenvalue weighted by molar-refractivity contribution is 5.80. The number of guanidine groups is 1. The van der Waals surface area contributed by atoms with E-state index < -0.39 is 0 Å². The van der Waals surface area contributed by atoms with Gasteiger partial charge in [-0.2, -0.15) is 4.98 Å². The van der Waals surface area contributed by atoms with Crippen molar-refractivity contribution in [1.29, 1.82) is 0 Å². The van der Waals surface area contributed by atoms with E-state index in [1.807, 2.05) is 14.0 Å². The topological polar surface area (TPSA) is 66.5 Å². The number of aliphatic imine (C=N–C) groups is 1. The van der Waals surface area contributed by atoms with Crippen molar-refractivity contribution in [1.82, 2.24) is 20.4 Å². The third kappa shape index (κ3) is 4.92. The van der Waals surface area contributed by atoms with Crippen LogP contribution < -0.4 is 5.32 Å². The van der Waals surface area contributed by atoms with Gasteiger partial charge in [0.15, 0.2) is 11.8 Å². The summed E-state index contributed by atoms with van der Waals surface area (Å²) in [5.74, 6) is 2.27. The summed E-state index contributed by atoms with van der Waals surface area (Å²) in [4.78, 5) is 10.9. The van der Waals surface area contributed by atoms with Crippen molar-refractivity contribution in [2.75, 3.05) is 26.7 Å². The zero-order chi connectivity index (χ0) is 17.5. The third-order valence-electron chi connectivity index (χ3n) is 4.28. The average molecular weight is 339 g/mol. The molecule has 1 saturated heterocycles. The predicted molar refractivity (Wildman–Crippen MR) is 99.3 cm³/mol. The number of likely N-dealkylation sites (tertiary alicyclic amines) is 1. The monoisotopic (exact) mass is 339 g/mol. The Morgan fingerprint density at radius 3 is 2.68 bits per heavy atom. The number of hydrogen-bond acceptors (Lipinski definition) is 4. The van der Waals surface area contributed by atoms with Gasteiger partial charge in [-0.25, -0.2) is 0 Å². The van der Waals surface area contributed by atoms with Crippen molar-refractivity contribution in [2.45, 2.75) is 26.2 Å². The SMILES string of the molecule is CN=C(NCCc1nc(C)no1)N1CCC(=Cc2ccccc2)CC1. The number of piperidine rings is 1. The molecule has 0 unspecified atom stereocenters. The molecule has 1 fully saturated rings. The van der Waals surface area contributed by atoms with Crippen LogP contribution in [0.15, 0.2) is 45.4 Å². The molecule has 6 heteroatoms. The lowest BCUT2D eigenvalue weighted by molar-refractivity contribution is 0.365.